The van der Waals surface area contributed by atoms with Gasteiger partial charge in [0.05, 0.1) is 39.2 Å². The van der Waals surface area contributed by atoms with Gasteiger partial charge in [0.15, 0.2) is 5.69 Å². The van der Waals surface area contributed by atoms with Crippen LogP contribution in [-0.2, 0) is 13.2 Å². The number of carbonyl (C=O) groups excluding carboxylic acids is 1. The zero-order valence-electron chi connectivity index (χ0n) is 20.2. The number of aromatic nitrogens is 3. The van der Waals surface area contributed by atoms with Gasteiger partial charge in [0, 0.05) is 0 Å². The third-order valence-electron chi connectivity index (χ3n) is 6.06. The summed E-state index contributed by atoms with van der Waals surface area (Å²) in [5, 5.41) is 12.5. The van der Waals surface area contributed by atoms with E-state index in [2.05, 4.69) is 15.6 Å². The molecule has 0 unspecified atom stereocenters. The predicted molar refractivity (Wildman–Crippen MR) is 137 cm³/mol. The predicted octanol–water partition coefficient (Wildman–Crippen LogP) is 6.60. The summed E-state index contributed by atoms with van der Waals surface area (Å²) in [7, 11) is 0. The molecule has 7 nitrogen and oxygen atoms in total. The minimum absolute atomic E-state index is 0.164. The average Bonchev–Trinajstić information content (AvgIpc) is 3.31. The third-order valence-corrected chi connectivity index (χ3v) is 6.80. The summed E-state index contributed by atoms with van der Waals surface area (Å²) in [6.07, 6.45) is 0. The lowest BCUT2D eigenvalue weighted by atomic mass is 10.1. The lowest BCUT2D eigenvalue weighted by Gasteiger charge is -2.11. The molecule has 1 N–H and O–H groups in total. The summed E-state index contributed by atoms with van der Waals surface area (Å²) in [5.41, 5.74) is 6.02. The van der Waals surface area contributed by atoms with Gasteiger partial charge in [-0.3, -0.25) is 9.48 Å². The van der Waals surface area contributed by atoms with E-state index >= 15 is 0 Å². The van der Waals surface area contributed by atoms with Crippen LogP contribution in [0.4, 0.5) is 5.69 Å². The van der Waals surface area contributed by atoms with Gasteiger partial charge in [-0.1, -0.05) is 46.6 Å². The molecule has 2 aromatic heterocycles. The Hall–Kier alpha value is -3.29. The van der Waals surface area contributed by atoms with E-state index in [1.54, 1.807) is 19.1 Å². The molecule has 9 heteroatoms. The van der Waals surface area contributed by atoms with E-state index in [0.29, 0.717) is 39.3 Å². The van der Waals surface area contributed by atoms with Gasteiger partial charge in [-0.2, -0.15) is 5.10 Å². The first-order valence-electron chi connectivity index (χ1n) is 11.1. The van der Waals surface area contributed by atoms with Crippen molar-refractivity contribution in [1.82, 2.24) is 14.9 Å². The molecular weight excluding hydrogens is 487 g/mol. The molecule has 0 aliphatic heterocycles. The summed E-state index contributed by atoms with van der Waals surface area (Å²) in [4.78, 5) is 13.2. The zero-order valence-corrected chi connectivity index (χ0v) is 21.7. The first-order chi connectivity index (χ1) is 16.7. The molecule has 0 radical (unpaired) electrons. The molecule has 0 fully saturated rings. The van der Waals surface area contributed by atoms with Crippen molar-refractivity contribution >= 4 is 34.8 Å². The standard InChI is InChI=1S/C26H26Cl2N4O3/c1-14-7-6-8-23(15(14)2)34-13-20-18(5)35-31-25(20)26(33)29-24-16(3)30-32(17(24)4)12-19-9-10-21(27)22(28)11-19/h6-11H,12-13H2,1-5H3,(H,29,33). The van der Waals surface area contributed by atoms with Crippen LogP contribution in [0, 0.1) is 34.6 Å². The highest BCUT2D eigenvalue weighted by molar-refractivity contribution is 6.42. The molecule has 2 heterocycles. The molecule has 0 aliphatic carbocycles. The number of nitrogens with one attached hydrogen (secondary N) is 1. The Labute approximate surface area is 214 Å². The molecule has 0 bridgehead atoms. The minimum atomic E-state index is -0.387. The second-order valence-electron chi connectivity index (χ2n) is 8.46. The quantitative estimate of drug-likeness (QED) is 0.301. The smallest absolute Gasteiger partial charge is 0.278 e. The van der Waals surface area contributed by atoms with E-state index < -0.39 is 0 Å². The van der Waals surface area contributed by atoms with Gasteiger partial charge in [-0.15, -0.1) is 0 Å². The number of benzene rings is 2. The van der Waals surface area contributed by atoms with Crippen LogP contribution in [0.2, 0.25) is 10.0 Å². The van der Waals surface area contributed by atoms with E-state index in [0.717, 1.165) is 28.1 Å². The lowest BCUT2D eigenvalue weighted by molar-refractivity contribution is 0.101. The van der Waals surface area contributed by atoms with Gasteiger partial charge in [-0.25, -0.2) is 0 Å². The first kappa shape index (κ1) is 24.8. The van der Waals surface area contributed by atoms with Crippen molar-refractivity contribution in [2.75, 3.05) is 5.32 Å². The molecular formula is C26H26Cl2N4O3. The maximum atomic E-state index is 13.2. The highest BCUT2D eigenvalue weighted by Crippen LogP contribution is 2.27. The molecule has 2 aromatic carbocycles. The summed E-state index contributed by atoms with van der Waals surface area (Å²) >= 11 is 12.2. The number of hydrogen-bond acceptors (Lipinski definition) is 5. The van der Waals surface area contributed by atoms with Crippen molar-refractivity contribution in [2.45, 2.75) is 47.8 Å². The largest absolute Gasteiger partial charge is 0.488 e. The highest BCUT2D eigenvalue weighted by atomic mass is 35.5. The summed E-state index contributed by atoms with van der Waals surface area (Å²) in [5.74, 6) is 0.901. The van der Waals surface area contributed by atoms with E-state index in [1.807, 2.05) is 56.6 Å². The number of rotatable bonds is 7. The van der Waals surface area contributed by atoms with E-state index in [4.69, 9.17) is 32.5 Å². The number of hydrogen-bond donors (Lipinski definition) is 1. The summed E-state index contributed by atoms with van der Waals surface area (Å²) in [6.45, 7) is 10.2. The fraction of sp³-hybridized carbons (Fsp3) is 0.269. The third kappa shape index (κ3) is 5.21. The van der Waals surface area contributed by atoms with Gasteiger partial charge in [0.2, 0.25) is 0 Å². The van der Waals surface area contributed by atoms with E-state index in [-0.39, 0.29) is 18.2 Å². The van der Waals surface area contributed by atoms with Crippen molar-refractivity contribution in [3.8, 4) is 5.75 Å². The van der Waals surface area contributed by atoms with Crippen LogP contribution in [0.5, 0.6) is 5.75 Å². The van der Waals surface area contributed by atoms with Crippen LogP contribution in [0.3, 0.4) is 0 Å². The Balaban J connectivity index is 1.52. The van der Waals surface area contributed by atoms with Crippen molar-refractivity contribution in [1.29, 1.82) is 0 Å². The SMILES string of the molecule is Cc1cccc(OCc2c(C(=O)Nc3c(C)nn(Cc4ccc(Cl)c(Cl)c4)c3C)noc2C)c1C. The van der Waals surface area contributed by atoms with Crippen molar-refractivity contribution < 1.29 is 14.1 Å². The van der Waals surface area contributed by atoms with Gasteiger partial charge < -0.3 is 14.6 Å². The monoisotopic (exact) mass is 512 g/mol. The number of nitrogens with zero attached hydrogens (tertiary/aromatic N) is 3. The molecule has 182 valence electrons. The Morgan fingerprint density at radius 1 is 1.09 bits per heavy atom. The van der Waals surface area contributed by atoms with Gasteiger partial charge in [-0.05, 0) is 69.5 Å². The molecule has 0 saturated heterocycles. The molecule has 1 amide bonds. The number of halogens is 2. The first-order valence-corrected chi connectivity index (χ1v) is 11.8. The Kier molecular flexibility index (Phi) is 7.19. The van der Waals surface area contributed by atoms with Gasteiger partial charge >= 0.3 is 0 Å². The molecule has 0 aliphatic rings. The van der Waals surface area contributed by atoms with Crippen LogP contribution in [0.25, 0.3) is 0 Å². The second kappa shape index (κ2) is 10.1. The van der Waals surface area contributed by atoms with Crippen molar-refractivity contribution in [3.05, 3.63) is 91.5 Å². The zero-order chi connectivity index (χ0) is 25.3. The molecule has 0 saturated carbocycles. The number of anilines is 1. The fourth-order valence-electron chi connectivity index (χ4n) is 3.79. The Bertz CT molecular complexity index is 1410. The van der Waals surface area contributed by atoms with Crippen LogP contribution in [0.15, 0.2) is 40.9 Å². The van der Waals surface area contributed by atoms with Crippen molar-refractivity contribution in [2.24, 2.45) is 0 Å². The molecule has 4 rings (SSSR count). The maximum absolute atomic E-state index is 13.2. The van der Waals surface area contributed by atoms with Gasteiger partial charge in [0.1, 0.15) is 18.1 Å². The van der Waals surface area contributed by atoms with Gasteiger partial charge in [0.25, 0.3) is 5.91 Å². The van der Waals surface area contributed by atoms with Crippen LogP contribution >= 0.6 is 23.2 Å². The lowest BCUT2D eigenvalue weighted by Crippen LogP contribution is -2.16. The second-order valence-corrected chi connectivity index (χ2v) is 9.27. The number of ether oxygens (including phenoxy) is 1. The molecule has 35 heavy (non-hydrogen) atoms. The minimum Gasteiger partial charge on any atom is -0.488 e. The van der Waals surface area contributed by atoms with E-state index in [9.17, 15) is 4.79 Å². The highest BCUT2D eigenvalue weighted by Gasteiger charge is 2.23. The summed E-state index contributed by atoms with van der Waals surface area (Å²) in [6, 6.07) is 11.3. The van der Waals surface area contributed by atoms with E-state index in [1.165, 1.54) is 0 Å². The topological polar surface area (TPSA) is 82.2 Å². The van der Waals surface area contributed by atoms with Crippen LogP contribution < -0.4 is 10.1 Å². The average molecular weight is 513 g/mol. The molecule has 0 atom stereocenters. The number of aryl methyl sites for hydroxylation is 3. The number of carbonyl (C=O) groups is 1. The molecule has 4 aromatic rings. The number of amides is 1. The normalized spacial score (nSPS) is 11.1. The summed E-state index contributed by atoms with van der Waals surface area (Å²) < 4.78 is 13.1. The van der Waals surface area contributed by atoms with Crippen LogP contribution in [-0.4, -0.2) is 20.8 Å². The molecule has 0 spiro atoms. The fourth-order valence-corrected chi connectivity index (χ4v) is 4.11. The van der Waals surface area contributed by atoms with Crippen molar-refractivity contribution in [3.63, 3.8) is 0 Å². The maximum Gasteiger partial charge on any atom is 0.278 e. The van der Waals surface area contributed by atoms with Crippen LogP contribution in [0.1, 0.15) is 49.9 Å². The Morgan fingerprint density at radius 2 is 1.86 bits per heavy atom. The Morgan fingerprint density at radius 3 is 2.60 bits per heavy atom.